The highest BCUT2D eigenvalue weighted by atomic mass is 32.2. The molecule has 19 heavy (non-hydrogen) atoms. The average Bonchev–Trinajstić information content (AvgIpc) is 2.39. The van der Waals surface area contributed by atoms with Crippen molar-refractivity contribution in [3.05, 3.63) is 59.0 Å². The van der Waals surface area contributed by atoms with E-state index in [4.69, 9.17) is 0 Å². The Morgan fingerprint density at radius 2 is 1.63 bits per heavy atom. The Labute approximate surface area is 111 Å². The second-order valence-corrected chi connectivity index (χ2v) is 6.35. The maximum atomic E-state index is 12.0. The van der Waals surface area contributed by atoms with Crippen LogP contribution in [0.25, 0.3) is 5.69 Å². The Morgan fingerprint density at radius 1 is 1.00 bits per heavy atom. The molecule has 0 N–H and O–H groups in total. The van der Waals surface area contributed by atoms with Gasteiger partial charge in [-0.05, 0) is 18.2 Å². The van der Waals surface area contributed by atoms with Crippen LogP contribution >= 0.6 is 0 Å². The highest BCUT2D eigenvalue weighted by Gasteiger charge is 2.18. The minimum atomic E-state index is -3.55. The third kappa shape index (κ3) is 2.59. The molecule has 0 aliphatic carbocycles. The van der Waals surface area contributed by atoms with E-state index >= 15 is 0 Å². The fourth-order valence-corrected chi connectivity index (χ4v) is 2.52. The lowest BCUT2D eigenvalue weighted by Crippen LogP contribution is -2.25. The minimum Gasteiger partial charge on any atom is -0.283 e. The Hall–Kier alpha value is -1.92. The van der Waals surface area contributed by atoms with Gasteiger partial charge in [0.25, 0.3) is 5.56 Å². The predicted molar refractivity (Wildman–Crippen MR) is 72.9 cm³/mol. The maximum absolute atomic E-state index is 12.0. The normalized spacial score (nSPS) is 11.7. The second kappa shape index (κ2) is 4.99. The lowest BCUT2D eigenvalue weighted by molar-refractivity contribution is 0.520. The van der Waals surface area contributed by atoms with Crippen molar-refractivity contribution < 1.29 is 8.42 Å². The largest absolute Gasteiger partial charge is 0.283 e. The Bertz CT molecular complexity index is 734. The van der Waals surface area contributed by atoms with Gasteiger partial charge in [-0.3, -0.25) is 9.36 Å². The summed E-state index contributed by atoms with van der Waals surface area (Å²) in [5.74, 6) is 0. The summed E-state index contributed by atoms with van der Waals surface area (Å²) in [6.07, 6.45) is 1.34. The monoisotopic (exact) mass is 278 g/mol. The molecule has 0 bridgehead atoms. The summed E-state index contributed by atoms with van der Waals surface area (Å²) in [6.45, 7) is 0. The number of para-hydroxylation sites is 1. The van der Waals surface area contributed by atoms with Crippen molar-refractivity contribution in [2.75, 3.05) is 14.1 Å². The van der Waals surface area contributed by atoms with Crippen LogP contribution in [0.3, 0.4) is 0 Å². The molecule has 100 valence electrons. The molecule has 0 spiro atoms. The summed E-state index contributed by atoms with van der Waals surface area (Å²) in [5.41, 5.74) is 0.354. The van der Waals surface area contributed by atoms with Gasteiger partial charge in [0.2, 0.25) is 10.0 Å². The highest BCUT2D eigenvalue weighted by molar-refractivity contribution is 7.89. The molecule has 0 unspecified atom stereocenters. The first kappa shape index (κ1) is 13.5. The Kier molecular flexibility index (Phi) is 3.55. The number of sulfonamides is 1. The molecule has 0 amide bonds. The summed E-state index contributed by atoms with van der Waals surface area (Å²) in [4.78, 5) is 11.9. The first-order valence-electron chi connectivity index (χ1n) is 5.63. The minimum absolute atomic E-state index is 0.0842. The maximum Gasteiger partial charge on any atom is 0.255 e. The summed E-state index contributed by atoms with van der Waals surface area (Å²) >= 11 is 0. The van der Waals surface area contributed by atoms with Crippen LogP contribution in [0, 0.1) is 0 Å². The van der Waals surface area contributed by atoms with Crippen molar-refractivity contribution in [2.45, 2.75) is 4.90 Å². The zero-order valence-corrected chi connectivity index (χ0v) is 11.5. The molecule has 1 aromatic heterocycles. The quantitative estimate of drug-likeness (QED) is 0.844. The van der Waals surface area contributed by atoms with Gasteiger partial charge in [0.15, 0.2) is 0 Å². The van der Waals surface area contributed by atoms with Crippen LogP contribution < -0.4 is 5.56 Å². The lowest BCUT2D eigenvalue weighted by Gasteiger charge is -2.13. The van der Waals surface area contributed by atoms with Crippen LogP contribution in [0.1, 0.15) is 0 Å². The van der Waals surface area contributed by atoms with Gasteiger partial charge in [0.05, 0.1) is 4.90 Å². The van der Waals surface area contributed by atoms with E-state index in [1.165, 1.54) is 37.0 Å². The Balaban J connectivity index is 2.63. The third-order valence-corrected chi connectivity index (χ3v) is 4.50. The molecule has 1 heterocycles. The summed E-state index contributed by atoms with van der Waals surface area (Å²) in [7, 11) is -0.647. The molecule has 5 nitrogen and oxygen atoms in total. The molecule has 2 rings (SSSR count). The lowest BCUT2D eigenvalue weighted by atomic mass is 10.3. The number of benzene rings is 1. The molecule has 0 aliphatic heterocycles. The number of rotatable bonds is 3. The van der Waals surface area contributed by atoms with E-state index in [0.29, 0.717) is 5.69 Å². The van der Waals surface area contributed by atoms with Crippen LogP contribution in [0.2, 0.25) is 0 Å². The molecule has 0 aliphatic rings. The molecule has 2 aromatic rings. The van der Waals surface area contributed by atoms with Crippen molar-refractivity contribution in [2.24, 2.45) is 0 Å². The molecule has 0 fully saturated rings. The van der Waals surface area contributed by atoms with Crippen molar-refractivity contribution in [3.8, 4) is 5.69 Å². The van der Waals surface area contributed by atoms with E-state index in [0.717, 1.165) is 4.31 Å². The second-order valence-electron chi connectivity index (χ2n) is 4.20. The topological polar surface area (TPSA) is 59.4 Å². The third-order valence-electron chi connectivity index (χ3n) is 2.70. The number of aromatic nitrogens is 1. The van der Waals surface area contributed by atoms with E-state index in [-0.39, 0.29) is 10.5 Å². The van der Waals surface area contributed by atoms with Gasteiger partial charge in [-0.1, -0.05) is 18.2 Å². The summed E-state index contributed by atoms with van der Waals surface area (Å²) in [6, 6.07) is 11.5. The van der Waals surface area contributed by atoms with Crippen molar-refractivity contribution in [1.29, 1.82) is 0 Å². The van der Waals surface area contributed by atoms with E-state index in [1.807, 2.05) is 6.07 Å². The molecular weight excluding hydrogens is 264 g/mol. The molecule has 0 atom stereocenters. The first-order chi connectivity index (χ1) is 8.93. The number of hydrogen-bond acceptors (Lipinski definition) is 3. The van der Waals surface area contributed by atoms with E-state index in [9.17, 15) is 13.2 Å². The van der Waals surface area contributed by atoms with Crippen LogP contribution in [0.5, 0.6) is 0 Å². The van der Waals surface area contributed by atoms with Crippen molar-refractivity contribution in [3.63, 3.8) is 0 Å². The van der Waals surface area contributed by atoms with E-state index in [2.05, 4.69) is 0 Å². The van der Waals surface area contributed by atoms with E-state index in [1.54, 1.807) is 24.3 Å². The molecule has 0 saturated carbocycles. The molecular formula is C13H14N2O3S. The fourth-order valence-electron chi connectivity index (χ4n) is 1.62. The zero-order valence-electron chi connectivity index (χ0n) is 10.6. The standard InChI is InChI=1S/C13H14N2O3S/c1-14(2)19(17,18)12-8-9-13(16)15(10-12)11-6-4-3-5-7-11/h3-10H,1-2H3. The summed E-state index contributed by atoms with van der Waals surface area (Å²) in [5, 5.41) is 0. The van der Waals surface area contributed by atoms with Crippen LogP contribution in [0.15, 0.2) is 58.4 Å². The van der Waals surface area contributed by atoms with Gasteiger partial charge in [0.1, 0.15) is 0 Å². The van der Waals surface area contributed by atoms with Gasteiger partial charge in [-0.2, -0.15) is 0 Å². The first-order valence-corrected chi connectivity index (χ1v) is 7.07. The smallest absolute Gasteiger partial charge is 0.255 e. The van der Waals surface area contributed by atoms with Gasteiger partial charge in [-0.25, -0.2) is 12.7 Å². The van der Waals surface area contributed by atoms with Gasteiger partial charge >= 0.3 is 0 Å². The van der Waals surface area contributed by atoms with Gasteiger partial charge in [0, 0.05) is 32.0 Å². The fraction of sp³-hybridized carbons (Fsp3) is 0.154. The molecule has 1 aromatic carbocycles. The number of nitrogens with zero attached hydrogens (tertiary/aromatic N) is 2. The zero-order chi connectivity index (χ0) is 14.0. The van der Waals surface area contributed by atoms with Crippen molar-refractivity contribution in [1.82, 2.24) is 8.87 Å². The van der Waals surface area contributed by atoms with E-state index < -0.39 is 10.0 Å². The number of pyridine rings is 1. The highest BCUT2D eigenvalue weighted by Crippen LogP contribution is 2.13. The van der Waals surface area contributed by atoms with Gasteiger partial charge < -0.3 is 0 Å². The summed E-state index contributed by atoms with van der Waals surface area (Å²) < 4.78 is 26.5. The van der Waals surface area contributed by atoms with Crippen LogP contribution in [0.4, 0.5) is 0 Å². The molecule has 0 radical (unpaired) electrons. The predicted octanol–water partition coefficient (Wildman–Crippen LogP) is 1.09. The average molecular weight is 278 g/mol. The SMILES string of the molecule is CN(C)S(=O)(=O)c1ccc(=O)n(-c2ccccc2)c1. The number of hydrogen-bond donors (Lipinski definition) is 0. The van der Waals surface area contributed by atoms with Crippen LogP contribution in [-0.4, -0.2) is 31.4 Å². The van der Waals surface area contributed by atoms with Gasteiger partial charge in [-0.15, -0.1) is 0 Å². The Morgan fingerprint density at radius 3 is 2.21 bits per heavy atom. The van der Waals surface area contributed by atoms with Crippen molar-refractivity contribution >= 4 is 10.0 Å². The molecule has 0 saturated heterocycles. The van der Waals surface area contributed by atoms with Crippen LogP contribution in [-0.2, 0) is 10.0 Å². The molecule has 6 heteroatoms.